The summed E-state index contributed by atoms with van der Waals surface area (Å²) in [4.78, 5) is 21.8. The predicted octanol–water partition coefficient (Wildman–Crippen LogP) is 3.06. The molecule has 0 bridgehead atoms. The van der Waals surface area contributed by atoms with Gasteiger partial charge >= 0.3 is 11.8 Å². The third-order valence-corrected chi connectivity index (χ3v) is 3.28. The molecular formula is C15H11ClN4O2. The van der Waals surface area contributed by atoms with Gasteiger partial charge in [-0.25, -0.2) is 0 Å². The highest BCUT2D eigenvalue weighted by Gasteiger charge is 2.21. The number of carbonyl (C=O) groups excluding carboxylic acids is 1. The Hall–Kier alpha value is -2.73. The maximum atomic E-state index is 12.4. The molecule has 0 unspecified atom stereocenters. The Labute approximate surface area is 131 Å². The van der Waals surface area contributed by atoms with Crippen molar-refractivity contribution in [2.24, 2.45) is 0 Å². The van der Waals surface area contributed by atoms with E-state index in [9.17, 15) is 4.79 Å². The molecule has 0 aliphatic carbocycles. The van der Waals surface area contributed by atoms with E-state index in [1.54, 1.807) is 55.8 Å². The summed E-state index contributed by atoms with van der Waals surface area (Å²) in [5.41, 5.74) is 1.37. The molecule has 0 spiro atoms. The van der Waals surface area contributed by atoms with Gasteiger partial charge in [-0.2, -0.15) is 4.98 Å². The van der Waals surface area contributed by atoms with Gasteiger partial charge in [-0.3, -0.25) is 9.78 Å². The van der Waals surface area contributed by atoms with Gasteiger partial charge in [0.1, 0.15) is 0 Å². The molecule has 0 atom stereocenters. The van der Waals surface area contributed by atoms with Crippen LogP contribution < -0.4 is 4.90 Å². The van der Waals surface area contributed by atoms with Crippen LogP contribution in [0, 0.1) is 0 Å². The summed E-state index contributed by atoms with van der Waals surface area (Å²) in [6.07, 6.45) is 3.23. The first-order valence-corrected chi connectivity index (χ1v) is 6.80. The lowest BCUT2D eigenvalue weighted by molar-refractivity contribution is 0.0951. The van der Waals surface area contributed by atoms with Gasteiger partial charge in [0.05, 0.1) is 0 Å². The smallest absolute Gasteiger partial charge is 0.316 e. The second-order valence-electron chi connectivity index (χ2n) is 4.50. The van der Waals surface area contributed by atoms with Crippen LogP contribution in [0.2, 0.25) is 5.02 Å². The number of nitrogens with zero attached hydrogens (tertiary/aromatic N) is 4. The van der Waals surface area contributed by atoms with Crippen LogP contribution in [0.1, 0.15) is 10.7 Å². The Morgan fingerprint density at radius 2 is 2.00 bits per heavy atom. The van der Waals surface area contributed by atoms with E-state index < -0.39 is 5.91 Å². The highest BCUT2D eigenvalue weighted by Crippen LogP contribution is 2.21. The molecule has 0 fully saturated rings. The minimum absolute atomic E-state index is 0.0886. The molecule has 2 heterocycles. The van der Waals surface area contributed by atoms with Crippen molar-refractivity contribution in [1.82, 2.24) is 15.1 Å². The zero-order chi connectivity index (χ0) is 15.5. The second kappa shape index (κ2) is 5.95. The number of amides is 1. The number of benzene rings is 1. The van der Waals surface area contributed by atoms with Crippen molar-refractivity contribution in [2.45, 2.75) is 0 Å². The van der Waals surface area contributed by atoms with Crippen molar-refractivity contribution in [3.8, 4) is 11.4 Å². The minimum atomic E-state index is -0.407. The van der Waals surface area contributed by atoms with Crippen LogP contribution in [0.4, 0.5) is 5.69 Å². The van der Waals surface area contributed by atoms with Crippen LogP contribution in [0.5, 0.6) is 0 Å². The summed E-state index contributed by atoms with van der Waals surface area (Å²) >= 11 is 5.93. The standard InChI is InChI=1S/C15H11ClN4O2/c1-20(12-4-2-3-11(16)9-12)15(21)14-18-13(19-22-14)10-5-7-17-8-6-10/h2-9H,1H3. The number of pyridine rings is 1. The van der Waals surface area contributed by atoms with E-state index in [2.05, 4.69) is 15.1 Å². The van der Waals surface area contributed by atoms with E-state index in [-0.39, 0.29) is 5.89 Å². The fraction of sp³-hybridized carbons (Fsp3) is 0.0667. The number of aromatic nitrogens is 3. The SMILES string of the molecule is CN(C(=O)c1nc(-c2ccncc2)no1)c1cccc(Cl)c1. The van der Waals surface area contributed by atoms with Crippen molar-refractivity contribution in [1.29, 1.82) is 0 Å². The number of rotatable bonds is 3. The van der Waals surface area contributed by atoms with Gasteiger partial charge in [0.15, 0.2) is 0 Å². The van der Waals surface area contributed by atoms with Gasteiger partial charge in [-0.05, 0) is 30.3 Å². The first-order valence-electron chi connectivity index (χ1n) is 6.43. The molecule has 22 heavy (non-hydrogen) atoms. The average Bonchev–Trinajstić information content (AvgIpc) is 3.04. The van der Waals surface area contributed by atoms with Crippen LogP contribution in [-0.2, 0) is 0 Å². The lowest BCUT2D eigenvalue weighted by atomic mass is 10.2. The predicted molar refractivity (Wildman–Crippen MR) is 81.7 cm³/mol. The molecule has 0 aliphatic heterocycles. The van der Waals surface area contributed by atoms with E-state index in [4.69, 9.17) is 16.1 Å². The summed E-state index contributed by atoms with van der Waals surface area (Å²) < 4.78 is 5.05. The highest BCUT2D eigenvalue weighted by atomic mass is 35.5. The maximum Gasteiger partial charge on any atom is 0.316 e. The fourth-order valence-corrected chi connectivity index (χ4v) is 2.06. The van der Waals surface area contributed by atoms with Gasteiger partial charge in [-0.1, -0.05) is 22.8 Å². The van der Waals surface area contributed by atoms with Crippen molar-refractivity contribution in [3.05, 3.63) is 59.7 Å². The zero-order valence-electron chi connectivity index (χ0n) is 11.6. The average molecular weight is 315 g/mol. The van der Waals surface area contributed by atoms with Gasteiger partial charge in [0, 0.05) is 35.7 Å². The summed E-state index contributed by atoms with van der Waals surface area (Å²) in [5.74, 6) is -0.158. The number of anilines is 1. The quantitative estimate of drug-likeness (QED) is 0.743. The molecule has 0 radical (unpaired) electrons. The first-order chi connectivity index (χ1) is 10.6. The first kappa shape index (κ1) is 14.2. The summed E-state index contributed by atoms with van der Waals surface area (Å²) in [7, 11) is 1.62. The summed E-state index contributed by atoms with van der Waals surface area (Å²) in [5, 5.41) is 4.36. The van der Waals surface area contributed by atoms with Crippen LogP contribution in [-0.4, -0.2) is 28.1 Å². The van der Waals surface area contributed by atoms with Crippen LogP contribution >= 0.6 is 11.6 Å². The van der Waals surface area contributed by atoms with Gasteiger partial charge in [-0.15, -0.1) is 0 Å². The van der Waals surface area contributed by atoms with Crippen LogP contribution in [0.3, 0.4) is 0 Å². The molecule has 3 aromatic rings. The number of carbonyl (C=O) groups is 1. The van der Waals surface area contributed by atoms with E-state index >= 15 is 0 Å². The van der Waals surface area contributed by atoms with Crippen LogP contribution in [0.15, 0.2) is 53.3 Å². The Morgan fingerprint density at radius 3 is 2.73 bits per heavy atom. The zero-order valence-corrected chi connectivity index (χ0v) is 12.4. The molecule has 2 aromatic heterocycles. The molecule has 1 amide bonds. The minimum Gasteiger partial charge on any atom is -0.328 e. The van der Waals surface area contributed by atoms with Gasteiger partial charge in [0.25, 0.3) is 0 Å². The van der Waals surface area contributed by atoms with E-state index in [0.29, 0.717) is 16.5 Å². The fourth-order valence-electron chi connectivity index (χ4n) is 1.87. The van der Waals surface area contributed by atoms with Crippen molar-refractivity contribution >= 4 is 23.2 Å². The molecule has 0 aliphatic rings. The van der Waals surface area contributed by atoms with Gasteiger partial charge in [0.2, 0.25) is 5.82 Å². The maximum absolute atomic E-state index is 12.4. The number of hydrogen-bond donors (Lipinski definition) is 0. The monoisotopic (exact) mass is 314 g/mol. The Bertz CT molecular complexity index is 804. The third kappa shape index (κ3) is 2.82. The van der Waals surface area contributed by atoms with Crippen molar-refractivity contribution in [2.75, 3.05) is 11.9 Å². The van der Waals surface area contributed by atoms with E-state index in [0.717, 1.165) is 5.56 Å². The van der Waals surface area contributed by atoms with Crippen LogP contribution in [0.25, 0.3) is 11.4 Å². The molecule has 0 saturated heterocycles. The van der Waals surface area contributed by atoms with Crippen molar-refractivity contribution in [3.63, 3.8) is 0 Å². The van der Waals surface area contributed by atoms with E-state index in [1.165, 1.54) is 4.90 Å². The molecule has 0 N–H and O–H groups in total. The summed E-state index contributed by atoms with van der Waals surface area (Å²) in [6, 6.07) is 10.4. The second-order valence-corrected chi connectivity index (χ2v) is 4.94. The van der Waals surface area contributed by atoms with E-state index in [1.807, 2.05) is 0 Å². The Balaban J connectivity index is 1.85. The third-order valence-electron chi connectivity index (χ3n) is 3.05. The highest BCUT2D eigenvalue weighted by molar-refractivity contribution is 6.31. The van der Waals surface area contributed by atoms with Crippen molar-refractivity contribution < 1.29 is 9.32 Å². The molecule has 3 rings (SSSR count). The molecule has 1 aromatic carbocycles. The molecule has 0 saturated carbocycles. The number of halogens is 1. The topological polar surface area (TPSA) is 72.1 Å². The van der Waals surface area contributed by atoms with Gasteiger partial charge < -0.3 is 9.42 Å². The molecule has 6 nitrogen and oxygen atoms in total. The summed E-state index contributed by atoms with van der Waals surface area (Å²) in [6.45, 7) is 0. The Kier molecular flexibility index (Phi) is 3.84. The molecule has 7 heteroatoms. The lowest BCUT2D eigenvalue weighted by Crippen LogP contribution is -2.26. The Morgan fingerprint density at radius 1 is 1.23 bits per heavy atom. The largest absolute Gasteiger partial charge is 0.328 e. The molecule has 110 valence electrons. The molecular weight excluding hydrogens is 304 g/mol. The number of hydrogen-bond acceptors (Lipinski definition) is 5. The lowest BCUT2D eigenvalue weighted by Gasteiger charge is -2.14. The normalized spacial score (nSPS) is 10.5.